The molecule has 168 valence electrons. The number of hydrogen-bond acceptors (Lipinski definition) is 3. The van der Waals surface area contributed by atoms with E-state index in [0.29, 0.717) is 17.2 Å². The molecule has 0 radical (unpaired) electrons. The van der Waals surface area contributed by atoms with Crippen molar-refractivity contribution < 1.29 is 8.81 Å². The molecule has 1 N–H and O–H groups in total. The fraction of sp³-hybridized carbons (Fsp3) is 0.231. The molecule has 4 heterocycles. The summed E-state index contributed by atoms with van der Waals surface area (Å²) in [6.07, 6.45) is 3.49. The molecule has 5 rings (SSSR count). The molecule has 1 fully saturated rings. The van der Waals surface area contributed by atoms with E-state index in [1.165, 1.54) is 6.07 Å². The number of halogens is 1. The molecule has 33 heavy (non-hydrogen) atoms. The summed E-state index contributed by atoms with van der Waals surface area (Å²) in [7, 11) is 0. The van der Waals surface area contributed by atoms with Crippen molar-refractivity contribution in [3.63, 3.8) is 0 Å². The van der Waals surface area contributed by atoms with Gasteiger partial charge in [-0.1, -0.05) is 6.07 Å². The monoisotopic (exact) mass is 460 g/mol. The van der Waals surface area contributed by atoms with E-state index in [4.69, 9.17) is 16.6 Å². The van der Waals surface area contributed by atoms with Gasteiger partial charge in [0.05, 0.1) is 30.6 Å². The topological polar surface area (TPSA) is 46.2 Å². The Kier molecular flexibility index (Phi) is 5.50. The Morgan fingerprint density at radius 2 is 1.94 bits per heavy atom. The molecule has 0 amide bonds. The van der Waals surface area contributed by atoms with Crippen molar-refractivity contribution in [3.8, 4) is 0 Å². The summed E-state index contributed by atoms with van der Waals surface area (Å²) >= 11 is 5.80. The van der Waals surface area contributed by atoms with Crippen molar-refractivity contribution in [2.75, 3.05) is 4.90 Å². The summed E-state index contributed by atoms with van der Waals surface area (Å²) in [6, 6.07) is 16.8. The molecule has 1 aliphatic heterocycles. The zero-order chi connectivity index (χ0) is 23.1. The smallest absolute Gasteiger partial charge is 0.174 e. The fourth-order valence-corrected chi connectivity index (χ4v) is 5.00. The summed E-state index contributed by atoms with van der Waals surface area (Å²) in [4.78, 5) is 6.70. The summed E-state index contributed by atoms with van der Waals surface area (Å²) in [5, 5.41) is 4.07. The third kappa shape index (κ3) is 3.82. The first-order chi connectivity index (χ1) is 15.9. The molecular weight excluding hydrogens is 435 g/mol. The van der Waals surface area contributed by atoms with Gasteiger partial charge in [-0.25, -0.2) is 4.39 Å². The first kappa shape index (κ1) is 21.4. The maximum Gasteiger partial charge on any atom is 0.174 e. The third-order valence-electron chi connectivity index (χ3n) is 6.34. The fourth-order valence-electron chi connectivity index (χ4n) is 4.66. The Morgan fingerprint density at radius 3 is 2.64 bits per heavy atom. The van der Waals surface area contributed by atoms with Crippen LogP contribution >= 0.6 is 12.2 Å². The Labute approximate surface area is 197 Å². The SMILES string of the molecule is Cc1cc(N2C(=S)N[C@H](c3ccccn3)[C@H]2c2cc(C)n(Cc3ccco3)c2C)ccc1F. The summed E-state index contributed by atoms with van der Waals surface area (Å²) in [5.41, 5.74) is 5.74. The van der Waals surface area contributed by atoms with Crippen molar-refractivity contribution in [1.29, 1.82) is 0 Å². The van der Waals surface area contributed by atoms with Crippen LogP contribution in [0.1, 0.15) is 46.1 Å². The highest BCUT2D eigenvalue weighted by Crippen LogP contribution is 2.43. The number of aromatic nitrogens is 2. The summed E-state index contributed by atoms with van der Waals surface area (Å²) in [5.74, 6) is 0.669. The molecule has 0 unspecified atom stereocenters. The molecule has 1 aromatic carbocycles. The van der Waals surface area contributed by atoms with Crippen LogP contribution in [0.4, 0.5) is 10.1 Å². The van der Waals surface area contributed by atoms with E-state index in [-0.39, 0.29) is 17.9 Å². The van der Waals surface area contributed by atoms with Crippen LogP contribution in [0.15, 0.2) is 71.5 Å². The predicted octanol–water partition coefficient (Wildman–Crippen LogP) is 5.77. The molecule has 4 aromatic rings. The van der Waals surface area contributed by atoms with Crippen LogP contribution in [0.3, 0.4) is 0 Å². The molecule has 1 saturated heterocycles. The number of nitrogens with zero attached hydrogens (tertiary/aromatic N) is 3. The number of aryl methyl sites for hydroxylation is 2. The zero-order valence-electron chi connectivity index (χ0n) is 18.7. The van der Waals surface area contributed by atoms with Crippen molar-refractivity contribution >= 4 is 23.0 Å². The van der Waals surface area contributed by atoms with Gasteiger partial charge in [0.15, 0.2) is 5.11 Å². The van der Waals surface area contributed by atoms with Crippen molar-refractivity contribution in [2.24, 2.45) is 0 Å². The van der Waals surface area contributed by atoms with Crippen molar-refractivity contribution in [2.45, 2.75) is 39.4 Å². The minimum absolute atomic E-state index is 0.145. The first-order valence-corrected chi connectivity index (χ1v) is 11.3. The van der Waals surface area contributed by atoms with Gasteiger partial charge in [-0.3, -0.25) is 4.98 Å². The Hall–Kier alpha value is -3.45. The van der Waals surface area contributed by atoms with Crippen LogP contribution in [0, 0.1) is 26.6 Å². The Balaban J connectivity index is 1.64. The van der Waals surface area contributed by atoms with E-state index < -0.39 is 0 Å². The van der Waals surface area contributed by atoms with Crippen LogP contribution < -0.4 is 10.2 Å². The van der Waals surface area contributed by atoms with Crippen LogP contribution in [-0.2, 0) is 6.54 Å². The van der Waals surface area contributed by atoms with Gasteiger partial charge in [-0.05, 0) is 92.6 Å². The lowest BCUT2D eigenvalue weighted by Gasteiger charge is -2.28. The normalized spacial score (nSPS) is 18.1. The molecule has 0 saturated carbocycles. The van der Waals surface area contributed by atoms with Gasteiger partial charge in [-0.15, -0.1) is 0 Å². The largest absolute Gasteiger partial charge is 0.467 e. The molecular formula is C26H25FN4OS. The molecule has 0 aliphatic carbocycles. The lowest BCUT2D eigenvalue weighted by Crippen LogP contribution is -2.29. The van der Waals surface area contributed by atoms with Gasteiger partial charge < -0.3 is 19.2 Å². The molecule has 2 atom stereocenters. The number of hydrogen-bond donors (Lipinski definition) is 1. The lowest BCUT2D eigenvalue weighted by molar-refractivity contribution is 0.488. The van der Waals surface area contributed by atoms with Crippen LogP contribution in [0.5, 0.6) is 0 Å². The highest BCUT2D eigenvalue weighted by molar-refractivity contribution is 7.80. The third-order valence-corrected chi connectivity index (χ3v) is 6.66. The second kappa shape index (κ2) is 8.48. The van der Waals surface area contributed by atoms with E-state index in [9.17, 15) is 4.39 Å². The average Bonchev–Trinajstić information content (AvgIpc) is 3.51. The molecule has 3 aromatic heterocycles. The minimum atomic E-state index is -0.230. The summed E-state index contributed by atoms with van der Waals surface area (Å²) < 4.78 is 21.9. The van der Waals surface area contributed by atoms with Crippen molar-refractivity contribution in [1.82, 2.24) is 14.9 Å². The van der Waals surface area contributed by atoms with Gasteiger partial charge in [0.1, 0.15) is 11.6 Å². The molecule has 0 spiro atoms. The Morgan fingerprint density at radius 1 is 1.09 bits per heavy atom. The van der Waals surface area contributed by atoms with E-state index in [2.05, 4.69) is 39.7 Å². The zero-order valence-corrected chi connectivity index (χ0v) is 19.6. The maximum absolute atomic E-state index is 14.1. The second-order valence-corrected chi connectivity index (χ2v) is 8.81. The number of anilines is 1. The Bertz CT molecular complexity index is 1300. The summed E-state index contributed by atoms with van der Waals surface area (Å²) in [6.45, 7) is 6.64. The van der Waals surface area contributed by atoms with Gasteiger partial charge in [0.2, 0.25) is 0 Å². The van der Waals surface area contributed by atoms with Crippen LogP contribution in [0.25, 0.3) is 0 Å². The van der Waals surface area contributed by atoms with Crippen LogP contribution in [-0.4, -0.2) is 14.7 Å². The predicted molar refractivity (Wildman–Crippen MR) is 131 cm³/mol. The minimum Gasteiger partial charge on any atom is -0.467 e. The van der Waals surface area contributed by atoms with E-state index in [1.807, 2.05) is 36.4 Å². The maximum atomic E-state index is 14.1. The number of thiocarbonyl (C=S) groups is 1. The quantitative estimate of drug-likeness (QED) is 0.383. The van der Waals surface area contributed by atoms with Crippen LogP contribution in [0.2, 0.25) is 0 Å². The standard InChI is InChI=1S/C26H25FN4OS/c1-16-13-19(9-10-22(16)27)31-25(24(29-26(31)33)23-8-4-5-11-28-23)21-14-17(2)30(18(21)3)15-20-7-6-12-32-20/h4-14,24-25H,15H2,1-3H3,(H,29,33)/t24-,25-/m1/s1. The number of benzene rings is 1. The highest BCUT2D eigenvalue weighted by atomic mass is 32.1. The van der Waals surface area contributed by atoms with E-state index in [1.54, 1.807) is 25.5 Å². The van der Waals surface area contributed by atoms with E-state index in [0.717, 1.165) is 34.1 Å². The molecule has 1 aliphatic rings. The molecule has 5 nitrogen and oxygen atoms in total. The molecule has 7 heteroatoms. The second-order valence-electron chi connectivity index (χ2n) is 8.42. The van der Waals surface area contributed by atoms with Crippen molar-refractivity contribution in [3.05, 3.63) is 107 Å². The number of pyridine rings is 1. The number of furan rings is 1. The van der Waals surface area contributed by atoms with Gasteiger partial charge in [0, 0.05) is 23.3 Å². The van der Waals surface area contributed by atoms with Gasteiger partial charge >= 0.3 is 0 Å². The number of rotatable bonds is 5. The van der Waals surface area contributed by atoms with Gasteiger partial charge in [-0.2, -0.15) is 0 Å². The van der Waals surface area contributed by atoms with E-state index >= 15 is 0 Å². The highest BCUT2D eigenvalue weighted by Gasteiger charge is 2.42. The molecule has 0 bridgehead atoms. The number of nitrogens with one attached hydrogen (secondary N) is 1. The van der Waals surface area contributed by atoms with Gasteiger partial charge in [0.25, 0.3) is 0 Å². The average molecular weight is 461 g/mol. The first-order valence-electron chi connectivity index (χ1n) is 10.9. The lowest BCUT2D eigenvalue weighted by atomic mass is 9.96.